The predicted octanol–water partition coefficient (Wildman–Crippen LogP) is 3.92. The van der Waals surface area contributed by atoms with Crippen LogP contribution in [0.2, 0.25) is 0 Å². The number of hydrogen-bond acceptors (Lipinski definition) is 5. The van der Waals surface area contributed by atoms with Crippen LogP contribution in [0.1, 0.15) is 12.5 Å². The highest BCUT2D eigenvalue weighted by Crippen LogP contribution is 2.26. The van der Waals surface area contributed by atoms with E-state index >= 15 is 0 Å². The molecule has 1 amide bonds. The lowest BCUT2D eigenvalue weighted by molar-refractivity contribution is -0.122. The van der Waals surface area contributed by atoms with Crippen molar-refractivity contribution in [3.05, 3.63) is 60.2 Å². The Hall–Kier alpha value is -2.73. The Morgan fingerprint density at radius 1 is 1.08 bits per heavy atom. The van der Waals surface area contributed by atoms with Crippen molar-refractivity contribution in [2.24, 2.45) is 0 Å². The van der Waals surface area contributed by atoms with Gasteiger partial charge in [-0.05, 0) is 26.0 Å². The highest BCUT2D eigenvalue weighted by Gasteiger charge is 2.17. The SMILES string of the molecule is Cc1ccc(O[C@@H](C)C(=O)Nc2nnc(-c3ccccc3)s2)cc1. The summed E-state index contributed by atoms with van der Waals surface area (Å²) in [6, 6.07) is 17.3. The molecule has 0 saturated carbocycles. The number of carbonyl (C=O) groups excluding carboxylic acids is 1. The number of hydrogen-bond donors (Lipinski definition) is 1. The van der Waals surface area contributed by atoms with E-state index < -0.39 is 6.10 Å². The average Bonchev–Trinajstić information content (AvgIpc) is 3.06. The summed E-state index contributed by atoms with van der Waals surface area (Å²) < 4.78 is 5.64. The molecule has 6 heteroatoms. The Balaban J connectivity index is 1.62. The second-order valence-electron chi connectivity index (χ2n) is 5.34. The van der Waals surface area contributed by atoms with Crippen molar-refractivity contribution in [3.63, 3.8) is 0 Å². The normalized spacial score (nSPS) is 11.8. The molecule has 0 aliphatic heterocycles. The van der Waals surface area contributed by atoms with Gasteiger partial charge in [0, 0.05) is 5.56 Å². The van der Waals surface area contributed by atoms with E-state index in [4.69, 9.17) is 4.74 Å². The van der Waals surface area contributed by atoms with Crippen molar-refractivity contribution < 1.29 is 9.53 Å². The Labute approximate surface area is 144 Å². The molecule has 24 heavy (non-hydrogen) atoms. The lowest BCUT2D eigenvalue weighted by Gasteiger charge is -2.13. The highest BCUT2D eigenvalue weighted by atomic mass is 32.1. The molecule has 3 rings (SSSR count). The van der Waals surface area contributed by atoms with E-state index in [9.17, 15) is 4.79 Å². The van der Waals surface area contributed by atoms with E-state index in [0.717, 1.165) is 16.1 Å². The van der Waals surface area contributed by atoms with Gasteiger partial charge in [0.05, 0.1) is 0 Å². The molecule has 122 valence electrons. The third-order valence-electron chi connectivity index (χ3n) is 3.38. The predicted molar refractivity (Wildman–Crippen MR) is 95.2 cm³/mol. The van der Waals surface area contributed by atoms with Crippen LogP contribution in [-0.2, 0) is 4.79 Å². The molecule has 5 nitrogen and oxygen atoms in total. The van der Waals surface area contributed by atoms with Gasteiger partial charge in [0.1, 0.15) is 10.8 Å². The van der Waals surface area contributed by atoms with Crippen LogP contribution >= 0.6 is 11.3 Å². The Morgan fingerprint density at radius 3 is 2.50 bits per heavy atom. The number of carbonyl (C=O) groups is 1. The van der Waals surface area contributed by atoms with Crippen molar-refractivity contribution in [1.82, 2.24) is 10.2 Å². The molecule has 0 saturated heterocycles. The Kier molecular flexibility index (Phi) is 4.86. The molecule has 0 aliphatic rings. The van der Waals surface area contributed by atoms with Crippen LogP contribution in [0.4, 0.5) is 5.13 Å². The highest BCUT2D eigenvalue weighted by molar-refractivity contribution is 7.18. The zero-order valence-electron chi connectivity index (χ0n) is 13.4. The largest absolute Gasteiger partial charge is 0.481 e. The third-order valence-corrected chi connectivity index (χ3v) is 4.27. The number of anilines is 1. The lowest BCUT2D eigenvalue weighted by atomic mass is 10.2. The second-order valence-corrected chi connectivity index (χ2v) is 6.32. The van der Waals surface area contributed by atoms with Crippen molar-refractivity contribution >= 4 is 22.4 Å². The van der Waals surface area contributed by atoms with Crippen molar-refractivity contribution in [2.45, 2.75) is 20.0 Å². The van der Waals surface area contributed by atoms with Gasteiger partial charge >= 0.3 is 0 Å². The molecular weight excluding hydrogens is 322 g/mol. The van der Waals surface area contributed by atoms with Crippen LogP contribution in [-0.4, -0.2) is 22.2 Å². The quantitative estimate of drug-likeness (QED) is 0.765. The molecule has 1 N–H and O–H groups in total. The Bertz CT molecular complexity index is 816. The average molecular weight is 339 g/mol. The maximum Gasteiger partial charge on any atom is 0.266 e. The molecule has 0 fully saturated rings. The summed E-state index contributed by atoms with van der Waals surface area (Å²) in [6.07, 6.45) is -0.628. The summed E-state index contributed by atoms with van der Waals surface area (Å²) in [7, 11) is 0. The number of nitrogens with one attached hydrogen (secondary N) is 1. The van der Waals surface area contributed by atoms with Crippen LogP contribution in [0.15, 0.2) is 54.6 Å². The number of aromatic nitrogens is 2. The van der Waals surface area contributed by atoms with E-state index in [1.54, 1.807) is 6.92 Å². The topological polar surface area (TPSA) is 64.1 Å². The van der Waals surface area contributed by atoms with E-state index in [1.165, 1.54) is 11.3 Å². The van der Waals surface area contributed by atoms with Crippen LogP contribution in [0, 0.1) is 6.92 Å². The standard InChI is InChI=1S/C18H17N3O2S/c1-12-8-10-15(11-9-12)23-13(2)16(22)19-18-21-20-17(24-18)14-6-4-3-5-7-14/h3-11,13H,1-2H3,(H,19,21,22)/t13-/m0/s1. The lowest BCUT2D eigenvalue weighted by Crippen LogP contribution is -2.30. The summed E-state index contributed by atoms with van der Waals surface area (Å²) in [6.45, 7) is 3.70. The van der Waals surface area contributed by atoms with Crippen LogP contribution in [0.25, 0.3) is 10.6 Å². The molecule has 1 atom stereocenters. The first-order valence-electron chi connectivity index (χ1n) is 7.55. The van der Waals surface area contributed by atoms with Crippen LogP contribution in [0.5, 0.6) is 5.75 Å². The zero-order chi connectivity index (χ0) is 16.9. The van der Waals surface area contributed by atoms with Gasteiger partial charge < -0.3 is 4.74 Å². The minimum Gasteiger partial charge on any atom is -0.481 e. The Morgan fingerprint density at radius 2 is 1.79 bits per heavy atom. The maximum atomic E-state index is 12.2. The van der Waals surface area contributed by atoms with Gasteiger partial charge in [-0.1, -0.05) is 59.4 Å². The van der Waals surface area contributed by atoms with Gasteiger partial charge in [-0.3, -0.25) is 10.1 Å². The molecule has 1 heterocycles. The number of nitrogens with zero attached hydrogens (tertiary/aromatic N) is 2. The summed E-state index contributed by atoms with van der Waals surface area (Å²) in [5, 5.41) is 12.1. The van der Waals surface area contributed by atoms with Crippen molar-refractivity contribution in [1.29, 1.82) is 0 Å². The molecular formula is C18H17N3O2S. The van der Waals surface area contributed by atoms with E-state index in [0.29, 0.717) is 10.9 Å². The fourth-order valence-corrected chi connectivity index (χ4v) is 2.80. The smallest absolute Gasteiger partial charge is 0.266 e. The molecule has 1 aromatic heterocycles. The molecule has 3 aromatic rings. The summed E-state index contributed by atoms with van der Waals surface area (Å²) in [5.74, 6) is 0.400. The molecule has 0 radical (unpaired) electrons. The molecule has 0 unspecified atom stereocenters. The number of rotatable bonds is 5. The first-order chi connectivity index (χ1) is 11.6. The number of amides is 1. The summed E-state index contributed by atoms with van der Waals surface area (Å²) in [4.78, 5) is 12.2. The number of aryl methyl sites for hydroxylation is 1. The first-order valence-corrected chi connectivity index (χ1v) is 8.36. The molecule has 0 aliphatic carbocycles. The summed E-state index contributed by atoms with van der Waals surface area (Å²) in [5.41, 5.74) is 2.11. The fraction of sp³-hybridized carbons (Fsp3) is 0.167. The zero-order valence-corrected chi connectivity index (χ0v) is 14.2. The van der Waals surface area contributed by atoms with Crippen molar-refractivity contribution in [3.8, 4) is 16.3 Å². The minimum atomic E-state index is -0.628. The molecule has 2 aromatic carbocycles. The monoisotopic (exact) mass is 339 g/mol. The molecule has 0 bridgehead atoms. The van der Waals surface area contributed by atoms with Gasteiger partial charge in [-0.25, -0.2) is 0 Å². The van der Waals surface area contributed by atoms with Crippen LogP contribution in [0.3, 0.4) is 0 Å². The van der Waals surface area contributed by atoms with Gasteiger partial charge in [-0.15, -0.1) is 10.2 Å². The molecule has 0 spiro atoms. The summed E-state index contributed by atoms with van der Waals surface area (Å²) >= 11 is 1.33. The number of ether oxygens (including phenoxy) is 1. The van der Waals surface area contributed by atoms with Crippen molar-refractivity contribution in [2.75, 3.05) is 5.32 Å². The number of benzene rings is 2. The van der Waals surface area contributed by atoms with E-state index in [-0.39, 0.29) is 5.91 Å². The van der Waals surface area contributed by atoms with Gasteiger partial charge in [0.2, 0.25) is 5.13 Å². The third kappa shape index (κ3) is 3.97. The van der Waals surface area contributed by atoms with E-state index in [1.807, 2.05) is 61.5 Å². The minimum absolute atomic E-state index is 0.258. The van der Waals surface area contributed by atoms with Gasteiger partial charge in [-0.2, -0.15) is 0 Å². The van der Waals surface area contributed by atoms with E-state index in [2.05, 4.69) is 15.5 Å². The maximum absolute atomic E-state index is 12.2. The fourth-order valence-electron chi connectivity index (χ4n) is 2.05. The van der Waals surface area contributed by atoms with Gasteiger partial charge in [0.15, 0.2) is 6.10 Å². The van der Waals surface area contributed by atoms with Crippen LogP contribution < -0.4 is 10.1 Å². The van der Waals surface area contributed by atoms with Gasteiger partial charge in [0.25, 0.3) is 5.91 Å². The first kappa shape index (κ1) is 16.1. The second kappa shape index (κ2) is 7.23.